The van der Waals surface area contributed by atoms with Crippen LogP contribution in [-0.4, -0.2) is 24.6 Å². The lowest BCUT2D eigenvalue weighted by Gasteiger charge is -2.55. The molecule has 2 N–H and O–H groups in total. The van der Waals surface area contributed by atoms with Gasteiger partial charge >= 0.3 is 0 Å². The first-order valence-corrected chi connectivity index (χ1v) is 9.28. The molecule has 25 heavy (non-hydrogen) atoms. The van der Waals surface area contributed by atoms with E-state index < -0.39 is 0 Å². The van der Waals surface area contributed by atoms with Gasteiger partial charge in [-0.25, -0.2) is 5.43 Å². The number of carbonyl (C=O) groups is 2. The van der Waals surface area contributed by atoms with Crippen molar-refractivity contribution >= 4 is 18.0 Å². The lowest BCUT2D eigenvalue weighted by atomic mass is 9.49. The summed E-state index contributed by atoms with van der Waals surface area (Å²) in [5.41, 5.74) is 3.19. The van der Waals surface area contributed by atoms with Gasteiger partial charge in [-0.3, -0.25) is 9.59 Å². The van der Waals surface area contributed by atoms with Gasteiger partial charge in [0, 0.05) is 5.41 Å². The maximum absolute atomic E-state index is 12.8. The molecule has 132 valence electrons. The van der Waals surface area contributed by atoms with Crippen molar-refractivity contribution in [3.8, 4) is 0 Å². The summed E-state index contributed by atoms with van der Waals surface area (Å²) in [4.78, 5) is 24.7. The molecule has 1 aromatic rings. The SMILES string of the molecule is O=C(CNC(=O)C12CC3CC(CC(C3)C1)C2)NN=Cc1ccccc1. The fraction of sp³-hybridized carbons (Fsp3) is 0.550. The van der Waals surface area contributed by atoms with Gasteiger partial charge in [0.15, 0.2) is 0 Å². The molecule has 0 unspecified atom stereocenters. The highest BCUT2D eigenvalue weighted by Crippen LogP contribution is 2.60. The summed E-state index contributed by atoms with van der Waals surface area (Å²) < 4.78 is 0. The Balaban J connectivity index is 1.27. The summed E-state index contributed by atoms with van der Waals surface area (Å²) in [6, 6.07) is 9.56. The molecule has 0 aliphatic heterocycles. The molecule has 4 fully saturated rings. The maximum Gasteiger partial charge on any atom is 0.259 e. The van der Waals surface area contributed by atoms with Crippen LogP contribution in [0.25, 0.3) is 0 Å². The van der Waals surface area contributed by atoms with E-state index in [1.54, 1.807) is 6.21 Å². The Bertz CT molecular complexity index is 648. The third kappa shape index (κ3) is 3.46. The first-order chi connectivity index (χ1) is 12.1. The zero-order chi connectivity index (χ0) is 17.3. The van der Waals surface area contributed by atoms with E-state index in [9.17, 15) is 9.59 Å². The Morgan fingerprint density at radius 1 is 1.04 bits per heavy atom. The van der Waals surface area contributed by atoms with E-state index in [1.165, 1.54) is 19.3 Å². The Morgan fingerprint density at radius 3 is 2.24 bits per heavy atom. The molecule has 4 saturated carbocycles. The van der Waals surface area contributed by atoms with Gasteiger partial charge in [0.05, 0.1) is 12.8 Å². The van der Waals surface area contributed by atoms with Gasteiger partial charge in [-0.05, 0) is 61.8 Å². The number of hydrazone groups is 1. The summed E-state index contributed by atoms with van der Waals surface area (Å²) in [7, 11) is 0. The Labute approximate surface area is 148 Å². The molecule has 4 bridgehead atoms. The zero-order valence-corrected chi connectivity index (χ0v) is 14.4. The summed E-state index contributed by atoms with van der Waals surface area (Å²) in [6.07, 6.45) is 8.55. The molecule has 0 heterocycles. The largest absolute Gasteiger partial charge is 0.346 e. The predicted octanol–water partition coefficient (Wildman–Crippen LogP) is 2.47. The van der Waals surface area contributed by atoms with Gasteiger partial charge in [-0.1, -0.05) is 30.3 Å². The summed E-state index contributed by atoms with van der Waals surface area (Å²) in [5, 5.41) is 6.80. The zero-order valence-electron chi connectivity index (χ0n) is 14.4. The van der Waals surface area contributed by atoms with Crippen molar-refractivity contribution in [1.29, 1.82) is 0 Å². The molecule has 0 atom stereocenters. The van der Waals surface area contributed by atoms with Crippen molar-refractivity contribution < 1.29 is 9.59 Å². The van der Waals surface area contributed by atoms with Gasteiger partial charge in [-0.15, -0.1) is 0 Å². The minimum Gasteiger partial charge on any atom is -0.346 e. The number of hydrogen-bond donors (Lipinski definition) is 2. The van der Waals surface area contributed by atoms with Crippen molar-refractivity contribution in [3.05, 3.63) is 35.9 Å². The van der Waals surface area contributed by atoms with E-state index >= 15 is 0 Å². The fourth-order valence-electron chi connectivity index (χ4n) is 5.49. The molecule has 4 aliphatic rings. The topological polar surface area (TPSA) is 70.6 Å². The third-order valence-electron chi connectivity index (χ3n) is 6.13. The average Bonchev–Trinajstić information content (AvgIpc) is 2.59. The molecule has 1 aromatic carbocycles. The van der Waals surface area contributed by atoms with E-state index in [0.29, 0.717) is 0 Å². The van der Waals surface area contributed by atoms with Crippen LogP contribution in [0.2, 0.25) is 0 Å². The van der Waals surface area contributed by atoms with E-state index in [0.717, 1.165) is 42.6 Å². The smallest absolute Gasteiger partial charge is 0.259 e. The van der Waals surface area contributed by atoms with Gasteiger partial charge < -0.3 is 5.32 Å². The second kappa shape index (κ2) is 6.62. The van der Waals surface area contributed by atoms with Crippen LogP contribution in [-0.2, 0) is 9.59 Å². The van der Waals surface area contributed by atoms with Crippen molar-refractivity contribution in [3.63, 3.8) is 0 Å². The second-order valence-corrected chi connectivity index (χ2v) is 8.08. The molecule has 0 spiro atoms. The Kier molecular flexibility index (Phi) is 4.32. The van der Waals surface area contributed by atoms with Crippen molar-refractivity contribution in [2.75, 3.05) is 6.54 Å². The van der Waals surface area contributed by atoms with Crippen LogP contribution in [0.1, 0.15) is 44.1 Å². The van der Waals surface area contributed by atoms with Crippen molar-refractivity contribution in [2.45, 2.75) is 38.5 Å². The van der Waals surface area contributed by atoms with E-state index in [2.05, 4.69) is 15.8 Å². The highest BCUT2D eigenvalue weighted by atomic mass is 16.2. The quantitative estimate of drug-likeness (QED) is 0.639. The monoisotopic (exact) mass is 339 g/mol. The normalized spacial score (nSPS) is 32.7. The molecule has 2 amide bonds. The standard InChI is InChI=1S/C20H25N3O2/c24-18(23-22-12-14-4-2-1-3-5-14)13-21-19(25)20-9-15-6-16(10-20)8-17(7-15)11-20/h1-5,12,15-17H,6-11,13H2,(H,21,25)(H,23,24). The minimum absolute atomic E-state index is 0.00723. The first kappa shape index (κ1) is 16.3. The second-order valence-electron chi connectivity index (χ2n) is 8.08. The minimum atomic E-state index is -0.287. The Hall–Kier alpha value is -2.17. The Morgan fingerprint density at radius 2 is 1.64 bits per heavy atom. The van der Waals surface area contributed by atoms with Crippen molar-refractivity contribution in [2.24, 2.45) is 28.3 Å². The number of amides is 2. The van der Waals surface area contributed by atoms with Gasteiger partial charge in [0.1, 0.15) is 0 Å². The predicted molar refractivity (Wildman–Crippen MR) is 95.8 cm³/mol. The van der Waals surface area contributed by atoms with Crippen molar-refractivity contribution in [1.82, 2.24) is 10.7 Å². The van der Waals surface area contributed by atoms with Crippen LogP contribution < -0.4 is 10.7 Å². The molecule has 5 heteroatoms. The lowest BCUT2D eigenvalue weighted by Crippen LogP contribution is -2.54. The molecule has 0 saturated heterocycles. The molecule has 5 rings (SSSR count). The highest BCUT2D eigenvalue weighted by molar-refractivity contribution is 5.89. The first-order valence-electron chi connectivity index (χ1n) is 9.28. The number of rotatable bonds is 5. The van der Waals surface area contributed by atoms with Crippen LogP contribution in [0.15, 0.2) is 35.4 Å². The van der Waals surface area contributed by atoms with Crippen LogP contribution in [0.5, 0.6) is 0 Å². The maximum atomic E-state index is 12.8. The van der Waals surface area contributed by atoms with Crippen LogP contribution in [0.4, 0.5) is 0 Å². The number of nitrogens with zero attached hydrogens (tertiary/aromatic N) is 1. The van der Waals surface area contributed by atoms with E-state index in [1.807, 2.05) is 30.3 Å². The van der Waals surface area contributed by atoms with Crippen LogP contribution in [0, 0.1) is 23.2 Å². The summed E-state index contributed by atoms with van der Waals surface area (Å²) in [5.74, 6) is 1.96. The number of nitrogens with one attached hydrogen (secondary N) is 2. The lowest BCUT2D eigenvalue weighted by molar-refractivity contribution is -0.147. The van der Waals surface area contributed by atoms with Crippen LogP contribution in [0.3, 0.4) is 0 Å². The fourth-order valence-corrected chi connectivity index (χ4v) is 5.49. The molecule has 5 nitrogen and oxygen atoms in total. The number of hydrogen-bond acceptors (Lipinski definition) is 3. The van der Waals surface area contributed by atoms with Gasteiger partial charge in [-0.2, -0.15) is 5.10 Å². The summed E-state index contributed by atoms with van der Waals surface area (Å²) >= 11 is 0. The highest BCUT2D eigenvalue weighted by Gasteiger charge is 2.54. The average molecular weight is 339 g/mol. The van der Waals surface area contributed by atoms with Gasteiger partial charge in [0.25, 0.3) is 5.91 Å². The van der Waals surface area contributed by atoms with Gasteiger partial charge in [0.2, 0.25) is 5.91 Å². The molecule has 0 radical (unpaired) electrons. The van der Waals surface area contributed by atoms with Crippen LogP contribution >= 0.6 is 0 Å². The third-order valence-corrected chi connectivity index (χ3v) is 6.13. The molecular formula is C20H25N3O2. The molecule has 0 aromatic heterocycles. The van der Waals surface area contributed by atoms with E-state index in [4.69, 9.17) is 0 Å². The summed E-state index contributed by atoms with van der Waals surface area (Å²) in [6.45, 7) is -0.00723. The molecule has 4 aliphatic carbocycles. The molecular weight excluding hydrogens is 314 g/mol. The van der Waals surface area contributed by atoms with E-state index in [-0.39, 0.29) is 23.8 Å². The number of benzene rings is 1. The number of carbonyl (C=O) groups excluding carboxylic acids is 2.